The van der Waals surface area contributed by atoms with Crippen molar-refractivity contribution >= 4 is 5.91 Å². The van der Waals surface area contributed by atoms with Crippen molar-refractivity contribution in [1.29, 1.82) is 0 Å². The molecule has 0 fully saturated rings. The first-order valence-electron chi connectivity index (χ1n) is 4.08. The highest BCUT2D eigenvalue weighted by atomic mass is 19.1. The predicted molar refractivity (Wildman–Crippen MR) is 46.6 cm³/mol. The highest BCUT2D eigenvalue weighted by Gasteiger charge is 2.18. The number of rotatable bonds is 2. The summed E-state index contributed by atoms with van der Waals surface area (Å²) in [6.07, 6.45) is 0. The number of hydrogen-bond donors (Lipinski definition) is 2. The van der Waals surface area contributed by atoms with Crippen LogP contribution in [0.1, 0.15) is 10.4 Å². The Morgan fingerprint density at radius 3 is 2.21 bits per heavy atom. The third kappa shape index (κ3) is 2.26. The average Bonchev–Trinajstić information content (AvgIpc) is 2.01. The molecule has 0 spiro atoms. The standard InChI is InChI=1S/C9H10F2N2O/c1-13(2)12-9(14)8-6(10)4-3-5-7(8)11/h3-5H,1-2H3,(H,12,14)/p+1. The van der Waals surface area contributed by atoms with Crippen molar-refractivity contribution in [1.82, 2.24) is 5.43 Å². The highest BCUT2D eigenvalue weighted by molar-refractivity contribution is 5.93. The lowest BCUT2D eigenvalue weighted by molar-refractivity contribution is -0.895. The first-order chi connectivity index (χ1) is 6.52. The molecule has 1 aromatic rings. The van der Waals surface area contributed by atoms with Crippen molar-refractivity contribution in [2.75, 3.05) is 14.1 Å². The van der Waals surface area contributed by atoms with Crippen LogP contribution in [0.3, 0.4) is 0 Å². The summed E-state index contributed by atoms with van der Waals surface area (Å²) in [7, 11) is 3.27. The summed E-state index contributed by atoms with van der Waals surface area (Å²) in [5.41, 5.74) is 1.79. The lowest BCUT2D eigenvalue weighted by Crippen LogP contribution is -3.13. The average molecular weight is 201 g/mol. The molecule has 76 valence electrons. The van der Waals surface area contributed by atoms with Gasteiger partial charge in [-0.2, -0.15) is 5.43 Å². The maximum atomic E-state index is 13.0. The van der Waals surface area contributed by atoms with Gasteiger partial charge < -0.3 is 0 Å². The summed E-state index contributed by atoms with van der Waals surface area (Å²) in [6.45, 7) is 0. The number of benzene rings is 1. The number of carbonyl (C=O) groups is 1. The Labute approximate surface area is 80.3 Å². The monoisotopic (exact) mass is 201 g/mol. The summed E-state index contributed by atoms with van der Waals surface area (Å²) in [6, 6.07) is 3.30. The van der Waals surface area contributed by atoms with E-state index in [2.05, 4.69) is 5.43 Å². The second-order valence-corrected chi connectivity index (χ2v) is 3.05. The Hall–Kier alpha value is -1.49. The third-order valence-corrected chi connectivity index (χ3v) is 1.55. The lowest BCUT2D eigenvalue weighted by Gasteiger charge is -2.09. The minimum Gasteiger partial charge on any atom is -0.264 e. The van der Waals surface area contributed by atoms with Gasteiger partial charge in [-0.1, -0.05) is 6.07 Å². The van der Waals surface area contributed by atoms with Crippen molar-refractivity contribution in [3.8, 4) is 0 Å². The second kappa shape index (κ2) is 4.15. The van der Waals surface area contributed by atoms with Gasteiger partial charge in [-0.3, -0.25) is 4.79 Å². The third-order valence-electron chi connectivity index (χ3n) is 1.55. The van der Waals surface area contributed by atoms with Gasteiger partial charge >= 0.3 is 5.91 Å². The summed E-state index contributed by atoms with van der Waals surface area (Å²) in [4.78, 5) is 11.3. The van der Waals surface area contributed by atoms with Gasteiger partial charge in [0.2, 0.25) is 0 Å². The number of carbonyl (C=O) groups excluding carboxylic acids is 1. The molecule has 0 heterocycles. The molecule has 1 aromatic carbocycles. The summed E-state index contributed by atoms with van der Waals surface area (Å²) in [5.74, 6) is -2.48. The van der Waals surface area contributed by atoms with Crippen LogP contribution in [0.2, 0.25) is 0 Å². The smallest absolute Gasteiger partial charge is 0.264 e. The normalized spacial score (nSPS) is 10.4. The van der Waals surface area contributed by atoms with Crippen LogP contribution in [-0.4, -0.2) is 20.0 Å². The Kier molecular flexibility index (Phi) is 3.14. The fraction of sp³-hybridized carbons (Fsp3) is 0.222. The largest absolute Gasteiger partial charge is 0.301 e. The molecule has 0 unspecified atom stereocenters. The van der Waals surface area contributed by atoms with Gasteiger partial charge in [-0.15, -0.1) is 0 Å². The van der Waals surface area contributed by atoms with E-state index in [1.54, 1.807) is 14.1 Å². The van der Waals surface area contributed by atoms with Crippen LogP contribution in [0.4, 0.5) is 8.78 Å². The molecule has 0 radical (unpaired) electrons. The molecule has 0 bridgehead atoms. The van der Waals surface area contributed by atoms with Crippen LogP contribution in [0.15, 0.2) is 18.2 Å². The SMILES string of the molecule is C[NH+](C)NC(=O)c1c(F)cccc1F. The van der Waals surface area contributed by atoms with E-state index in [9.17, 15) is 13.6 Å². The number of hydrogen-bond acceptors (Lipinski definition) is 1. The Morgan fingerprint density at radius 1 is 1.29 bits per heavy atom. The van der Waals surface area contributed by atoms with Crippen molar-refractivity contribution in [2.45, 2.75) is 0 Å². The highest BCUT2D eigenvalue weighted by Crippen LogP contribution is 2.10. The molecule has 0 aromatic heterocycles. The van der Waals surface area contributed by atoms with E-state index in [0.29, 0.717) is 5.01 Å². The molecular formula is C9H11F2N2O+. The molecule has 0 aliphatic rings. The van der Waals surface area contributed by atoms with E-state index in [-0.39, 0.29) is 0 Å². The molecule has 2 N–H and O–H groups in total. The van der Waals surface area contributed by atoms with Gasteiger partial charge in [-0.05, 0) is 12.1 Å². The van der Waals surface area contributed by atoms with Crippen LogP contribution in [0.25, 0.3) is 0 Å². The molecule has 1 rings (SSSR count). The van der Waals surface area contributed by atoms with Gasteiger partial charge in [0, 0.05) is 0 Å². The second-order valence-electron chi connectivity index (χ2n) is 3.05. The van der Waals surface area contributed by atoms with Crippen LogP contribution in [-0.2, 0) is 0 Å². The van der Waals surface area contributed by atoms with E-state index in [1.165, 1.54) is 6.07 Å². The van der Waals surface area contributed by atoms with Gasteiger partial charge in [0.15, 0.2) is 0 Å². The quantitative estimate of drug-likeness (QED) is 0.636. The molecule has 1 amide bonds. The van der Waals surface area contributed by atoms with E-state index in [0.717, 1.165) is 12.1 Å². The van der Waals surface area contributed by atoms with E-state index in [4.69, 9.17) is 0 Å². The fourth-order valence-electron chi connectivity index (χ4n) is 1.00. The topological polar surface area (TPSA) is 33.5 Å². The van der Waals surface area contributed by atoms with Crippen LogP contribution >= 0.6 is 0 Å². The predicted octanol–water partition coefficient (Wildman–Crippen LogP) is -0.246. The van der Waals surface area contributed by atoms with Crippen molar-refractivity contribution in [3.63, 3.8) is 0 Å². The van der Waals surface area contributed by atoms with Gasteiger partial charge in [-0.25, -0.2) is 13.8 Å². The number of amides is 1. The van der Waals surface area contributed by atoms with Crippen LogP contribution in [0, 0.1) is 11.6 Å². The maximum Gasteiger partial charge on any atom is 0.301 e. The zero-order valence-electron chi connectivity index (χ0n) is 7.90. The first kappa shape index (κ1) is 10.6. The van der Waals surface area contributed by atoms with E-state index in [1.807, 2.05) is 0 Å². The molecule has 0 saturated carbocycles. The van der Waals surface area contributed by atoms with E-state index < -0.39 is 23.1 Å². The van der Waals surface area contributed by atoms with E-state index >= 15 is 0 Å². The molecule has 0 aliphatic carbocycles. The molecule has 0 aliphatic heterocycles. The molecular weight excluding hydrogens is 190 g/mol. The molecule has 0 saturated heterocycles. The number of halogens is 2. The molecule has 5 heteroatoms. The first-order valence-corrected chi connectivity index (χ1v) is 4.08. The van der Waals surface area contributed by atoms with Crippen LogP contribution < -0.4 is 10.4 Å². The summed E-state index contributed by atoms with van der Waals surface area (Å²) >= 11 is 0. The fourth-order valence-corrected chi connectivity index (χ4v) is 1.00. The molecule has 3 nitrogen and oxygen atoms in total. The Balaban J connectivity index is 3.00. The molecule has 0 atom stereocenters. The van der Waals surface area contributed by atoms with Crippen molar-refractivity contribution < 1.29 is 18.6 Å². The molecule has 14 heavy (non-hydrogen) atoms. The number of quaternary nitrogens is 1. The minimum atomic E-state index is -0.858. The zero-order valence-corrected chi connectivity index (χ0v) is 7.90. The van der Waals surface area contributed by atoms with Gasteiger partial charge in [0.05, 0.1) is 14.1 Å². The minimum absolute atomic E-state index is 0.547. The Morgan fingerprint density at radius 2 is 1.79 bits per heavy atom. The summed E-state index contributed by atoms with van der Waals surface area (Å²) < 4.78 is 26.1. The van der Waals surface area contributed by atoms with Crippen molar-refractivity contribution in [2.24, 2.45) is 0 Å². The maximum absolute atomic E-state index is 13.0. The zero-order chi connectivity index (χ0) is 10.7. The Bertz CT molecular complexity index is 332. The lowest BCUT2D eigenvalue weighted by atomic mass is 10.2. The number of nitrogens with one attached hydrogen (secondary N) is 2. The summed E-state index contributed by atoms with van der Waals surface area (Å²) in [5, 5.41) is 0.581. The van der Waals surface area contributed by atoms with Crippen molar-refractivity contribution in [3.05, 3.63) is 35.4 Å². The van der Waals surface area contributed by atoms with Gasteiger partial charge in [0.25, 0.3) is 0 Å². The van der Waals surface area contributed by atoms with Gasteiger partial charge in [0.1, 0.15) is 17.2 Å². The van der Waals surface area contributed by atoms with Crippen LogP contribution in [0.5, 0.6) is 0 Å².